The molecule has 5 heteroatoms. The number of rotatable bonds is 5. The number of aromatic nitrogens is 1. The van der Waals surface area contributed by atoms with Crippen LogP contribution in [-0.2, 0) is 4.79 Å². The highest BCUT2D eigenvalue weighted by Crippen LogP contribution is 2.33. The molecule has 1 aromatic heterocycles. The van der Waals surface area contributed by atoms with Gasteiger partial charge in [-0.05, 0) is 62.7 Å². The van der Waals surface area contributed by atoms with Crippen LogP contribution in [0, 0.1) is 0 Å². The number of carbonyl (C=O) groups excluding carboxylic acids is 1. The molecule has 1 amide bonds. The molecule has 2 aromatic rings. The highest BCUT2D eigenvalue weighted by Gasteiger charge is 2.22. The molecule has 146 valence electrons. The highest BCUT2D eigenvalue weighted by molar-refractivity contribution is 6.22. The maximum Gasteiger partial charge on any atom is 0.251 e. The first-order valence-electron chi connectivity index (χ1n) is 10.2. The van der Waals surface area contributed by atoms with E-state index in [2.05, 4.69) is 45.6 Å². The van der Waals surface area contributed by atoms with Crippen molar-refractivity contribution in [3.63, 3.8) is 0 Å². The first-order valence-corrected chi connectivity index (χ1v) is 10.2. The SMILES string of the molecule is CC1C=C(C(=O)NCCN2CCCCC2)c2cc(-c3cccnc3)ccc2N1. The van der Waals surface area contributed by atoms with E-state index in [-0.39, 0.29) is 11.9 Å². The van der Waals surface area contributed by atoms with Gasteiger partial charge < -0.3 is 15.5 Å². The second-order valence-electron chi connectivity index (χ2n) is 7.67. The molecule has 1 aromatic carbocycles. The van der Waals surface area contributed by atoms with Gasteiger partial charge in [-0.1, -0.05) is 18.6 Å². The van der Waals surface area contributed by atoms with E-state index in [0.717, 1.165) is 47.6 Å². The van der Waals surface area contributed by atoms with E-state index >= 15 is 0 Å². The van der Waals surface area contributed by atoms with Crippen LogP contribution in [-0.4, -0.2) is 48.0 Å². The molecule has 5 nitrogen and oxygen atoms in total. The predicted molar refractivity (Wildman–Crippen MR) is 114 cm³/mol. The minimum absolute atomic E-state index is 0.00921. The maximum absolute atomic E-state index is 13.0. The van der Waals surface area contributed by atoms with Crippen LogP contribution in [0.15, 0.2) is 48.8 Å². The number of nitrogens with one attached hydrogen (secondary N) is 2. The summed E-state index contributed by atoms with van der Waals surface area (Å²) in [5.74, 6) is 0.00921. The van der Waals surface area contributed by atoms with Crippen molar-refractivity contribution in [2.75, 3.05) is 31.5 Å². The number of nitrogens with zero attached hydrogens (tertiary/aromatic N) is 2. The van der Waals surface area contributed by atoms with Gasteiger partial charge in [-0.25, -0.2) is 0 Å². The number of amides is 1. The monoisotopic (exact) mass is 376 g/mol. The van der Waals surface area contributed by atoms with E-state index in [1.165, 1.54) is 19.3 Å². The van der Waals surface area contributed by atoms with E-state index in [1.54, 1.807) is 6.20 Å². The summed E-state index contributed by atoms with van der Waals surface area (Å²) < 4.78 is 0. The van der Waals surface area contributed by atoms with Crippen molar-refractivity contribution in [2.24, 2.45) is 0 Å². The second kappa shape index (κ2) is 8.57. The van der Waals surface area contributed by atoms with Crippen molar-refractivity contribution < 1.29 is 4.79 Å². The van der Waals surface area contributed by atoms with Gasteiger partial charge in [-0.15, -0.1) is 0 Å². The van der Waals surface area contributed by atoms with E-state index in [9.17, 15) is 4.79 Å². The number of benzene rings is 1. The first-order chi connectivity index (χ1) is 13.7. The largest absolute Gasteiger partial charge is 0.379 e. The molecule has 0 spiro atoms. The van der Waals surface area contributed by atoms with Gasteiger partial charge >= 0.3 is 0 Å². The summed E-state index contributed by atoms with van der Waals surface area (Å²) >= 11 is 0. The van der Waals surface area contributed by atoms with Crippen LogP contribution < -0.4 is 10.6 Å². The number of fused-ring (bicyclic) bond motifs is 1. The number of hydrogen-bond acceptors (Lipinski definition) is 4. The van der Waals surface area contributed by atoms with Crippen molar-refractivity contribution in [2.45, 2.75) is 32.2 Å². The molecule has 0 radical (unpaired) electrons. The second-order valence-corrected chi connectivity index (χ2v) is 7.67. The smallest absolute Gasteiger partial charge is 0.251 e. The van der Waals surface area contributed by atoms with E-state index in [1.807, 2.05) is 24.4 Å². The van der Waals surface area contributed by atoms with Crippen molar-refractivity contribution in [3.05, 3.63) is 54.4 Å². The predicted octanol–water partition coefficient (Wildman–Crippen LogP) is 3.55. The van der Waals surface area contributed by atoms with Gasteiger partial charge in [0.2, 0.25) is 0 Å². The molecule has 3 heterocycles. The Balaban J connectivity index is 1.50. The van der Waals surface area contributed by atoms with E-state index < -0.39 is 0 Å². The summed E-state index contributed by atoms with van der Waals surface area (Å²) in [7, 11) is 0. The zero-order valence-corrected chi connectivity index (χ0v) is 16.4. The summed E-state index contributed by atoms with van der Waals surface area (Å²) in [5.41, 5.74) is 4.83. The minimum Gasteiger partial charge on any atom is -0.379 e. The Morgan fingerprint density at radius 2 is 2.07 bits per heavy atom. The normalized spacial score (nSPS) is 19.3. The lowest BCUT2D eigenvalue weighted by Gasteiger charge is -2.27. The molecule has 28 heavy (non-hydrogen) atoms. The number of pyridine rings is 1. The van der Waals surface area contributed by atoms with Crippen LogP contribution in [0.5, 0.6) is 0 Å². The summed E-state index contributed by atoms with van der Waals surface area (Å²) in [5, 5.41) is 6.58. The van der Waals surface area contributed by atoms with E-state index in [4.69, 9.17) is 0 Å². The highest BCUT2D eigenvalue weighted by atomic mass is 16.1. The topological polar surface area (TPSA) is 57.3 Å². The van der Waals surface area contributed by atoms with E-state index in [0.29, 0.717) is 6.54 Å². The molecular formula is C23H28N4O. The summed E-state index contributed by atoms with van der Waals surface area (Å²) in [6.45, 7) is 5.98. The van der Waals surface area contributed by atoms with Crippen LogP contribution in [0.25, 0.3) is 16.7 Å². The molecular weight excluding hydrogens is 348 g/mol. The van der Waals surface area contributed by atoms with Gasteiger partial charge in [0.05, 0.1) is 0 Å². The molecule has 2 N–H and O–H groups in total. The molecule has 2 aliphatic heterocycles. The Labute approximate surface area is 166 Å². The molecule has 4 rings (SSSR count). The lowest BCUT2D eigenvalue weighted by Crippen LogP contribution is -2.38. The Morgan fingerprint density at radius 3 is 2.86 bits per heavy atom. The number of hydrogen-bond donors (Lipinski definition) is 2. The van der Waals surface area contributed by atoms with Crippen molar-refractivity contribution in [1.82, 2.24) is 15.2 Å². The summed E-state index contributed by atoms with van der Waals surface area (Å²) in [4.78, 5) is 19.6. The van der Waals surface area contributed by atoms with Crippen LogP contribution in [0.4, 0.5) is 5.69 Å². The Bertz CT molecular complexity index is 856. The molecule has 0 saturated carbocycles. The van der Waals surface area contributed by atoms with Gasteiger partial charge in [-0.3, -0.25) is 9.78 Å². The van der Waals surface area contributed by atoms with Crippen molar-refractivity contribution in [1.29, 1.82) is 0 Å². The molecule has 1 fully saturated rings. The van der Waals surface area contributed by atoms with Crippen LogP contribution >= 0.6 is 0 Å². The third-order valence-corrected chi connectivity index (χ3v) is 5.51. The zero-order valence-electron chi connectivity index (χ0n) is 16.4. The van der Waals surface area contributed by atoms with Gasteiger partial charge in [0, 0.05) is 53.9 Å². The number of carbonyl (C=O) groups is 1. The van der Waals surface area contributed by atoms with Gasteiger partial charge in [-0.2, -0.15) is 0 Å². The third-order valence-electron chi connectivity index (χ3n) is 5.51. The maximum atomic E-state index is 13.0. The molecule has 0 bridgehead atoms. The first kappa shape index (κ1) is 18.7. The zero-order chi connectivity index (χ0) is 19.3. The third kappa shape index (κ3) is 4.25. The molecule has 2 aliphatic rings. The fourth-order valence-corrected chi connectivity index (χ4v) is 4.04. The average Bonchev–Trinajstić information content (AvgIpc) is 2.74. The van der Waals surface area contributed by atoms with Crippen molar-refractivity contribution in [3.8, 4) is 11.1 Å². The van der Waals surface area contributed by atoms with Gasteiger partial charge in [0.15, 0.2) is 0 Å². The molecule has 1 saturated heterocycles. The Morgan fingerprint density at radius 1 is 1.21 bits per heavy atom. The molecule has 1 atom stereocenters. The molecule has 0 aliphatic carbocycles. The average molecular weight is 377 g/mol. The Hall–Kier alpha value is -2.66. The van der Waals surface area contributed by atoms with Crippen LogP contribution in [0.1, 0.15) is 31.7 Å². The van der Waals surface area contributed by atoms with Gasteiger partial charge in [0.1, 0.15) is 0 Å². The minimum atomic E-state index is 0.00921. The summed E-state index contributed by atoms with van der Waals surface area (Å²) in [6.07, 6.45) is 9.51. The molecule has 1 unspecified atom stereocenters. The summed E-state index contributed by atoms with van der Waals surface area (Å²) in [6, 6.07) is 10.3. The van der Waals surface area contributed by atoms with Gasteiger partial charge in [0.25, 0.3) is 5.91 Å². The fourth-order valence-electron chi connectivity index (χ4n) is 4.04. The lowest BCUT2D eigenvalue weighted by atomic mass is 9.93. The lowest BCUT2D eigenvalue weighted by molar-refractivity contribution is -0.115. The number of likely N-dealkylation sites (tertiary alicyclic amines) is 1. The Kier molecular flexibility index (Phi) is 5.72. The van der Waals surface area contributed by atoms with Crippen LogP contribution in [0.2, 0.25) is 0 Å². The van der Waals surface area contributed by atoms with Crippen molar-refractivity contribution >= 4 is 17.2 Å². The number of anilines is 1. The standard InChI is InChI=1S/C23H28N4O/c1-17-14-21(23(28)25-10-13-27-11-3-2-4-12-27)20-15-18(7-8-22(20)26-17)19-6-5-9-24-16-19/h5-9,14-17,26H,2-4,10-13H2,1H3,(H,25,28). The number of piperidine rings is 1. The van der Waals surface area contributed by atoms with Crippen LogP contribution in [0.3, 0.4) is 0 Å². The fraction of sp³-hybridized carbons (Fsp3) is 0.391. The quantitative estimate of drug-likeness (QED) is 0.838.